The van der Waals surface area contributed by atoms with Gasteiger partial charge in [0.05, 0.1) is 40.3 Å². The first-order valence-electron chi connectivity index (χ1n) is 22.5. The minimum atomic E-state index is -0.956. The number of ether oxygens (including phenoxy) is 2. The van der Waals surface area contributed by atoms with Gasteiger partial charge in [-0.15, -0.1) is 0 Å². The Balaban J connectivity index is 0.692. The highest BCUT2D eigenvalue weighted by molar-refractivity contribution is 6.23. The number of carbonyl (C=O) groups is 5. The summed E-state index contributed by atoms with van der Waals surface area (Å²) in [6, 6.07) is 19.5. The van der Waals surface area contributed by atoms with Gasteiger partial charge < -0.3 is 19.7 Å². The predicted molar refractivity (Wildman–Crippen MR) is 234 cm³/mol. The van der Waals surface area contributed by atoms with Crippen LogP contribution >= 0.6 is 0 Å². The lowest BCUT2D eigenvalue weighted by atomic mass is 9.45. The van der Waals surface area contributed by atoms with Gasteiger partial charge in [-0.3, -0.25) is 39.2 Å². The Morgan fingerprint density at radius 3 is 2.56 bits per heavy atom. The van der Waals surface area contributed by atoms with Crippen LogP contribution in [0.4, 0.5) is 0 Å². The fourth-order valence-electron chi connectivity index (χ4n) is 11.2. The first-order chi connectivity index (χ1) is 30.4. The molecule has 1 aliphatic carbocycles. The first kappa shape index (κ1) is 42.2. The quantitative estimate of drug-likeness (QED) is 0.110. The summed E-state index contributed by atoms with van der Waals surface area (Å²) in [7, 11) is 0. The number of carbonyl (C=O) groups excluding carboxylic acids is 5. The number of piperidine rings is 1. The van der Waals surface area contributed by atoms with Crippen molar-refractivity contribution in [2.45, 2.75) is 109 Å². The van der Waals surface area contributed by atoms with E-state index in [0.29, 0.717) is 40.3 Å². The molecule has 0 bridgehead atoms. The second-order valence-corrected chi connectivity index (χ2v) is 18.8. The SMILES string of the molecule is CC1(C)C(NC(=O)c2ccc(OCCCCCN3CCCC(CCc4ccc5c(c4)C(=O)N(C4CCC(=O)NC4=O)C5=O)CC3)cc2)C2(C)c3ccnc4c(C#N)ccc(c34)O[C@@H]12. The van der Waals surface area contributed by atoms with Crippen LogP contribution in [0.1, 0.15) is 126 Å². The molecule has 13 heteroatoms. The number of imide groups is 2. The zero-order valence-electron chi connectivity index (χ0n) is 36.2. The molecule has 4 unspecified atom stereocenters. The van der Waals surface area contributed by atoms with Gasteiger partial charge in [-0.2, -0.15) is 5.26 Å². The summed E-state index contributed by atoms with van der Waals surface area (Å²) in [6.07, 6.45) is 10.2. The number of fused-ring (bicyclic) bond motifs is 3. The molecule has 1 aromatic heterocycles. The number of nitrogens with zero attached hydrogens (tertiary/aromatic N) is 4. The molecular formula is C50H54N6O7. The van der Waals surface area contributed by atoms with E-state index in [9.17, 15) is 29.2 Å². The molecular weight excluding hydrogens is 797 g/mol. The van der Waals surface area contributed by atoms with Gasteiger partial charge in [0.1, 0.15) is 29.7 Å². The summed E-state index contributed by atoms with van der Waals surface area (Å²) >= 11 is 0. The number of pyridine rings is 1. The number of aryl methyl sites for hydroxylation is 1. The second-order valence-electron chi connectivity index (χ2n) is 18.8. The van der Waals surface area contributed by atoms with Crippen LogP contribution in [0, 0.1) is 22.7 Å². The first-order valence-corrected chi connectivity index (χ1v) is 22.5. The molecule has 5 amide bonds. The number of amides is 5. The smallest absolute Gasteiger partial charge is 0.262 e. The van der Waals surface area contributed by atoms with Crippen molar-refractivity contribution in [2.75, 3.05) is 26.2 Å². The molecule has 326 valence electrons. The third kappa shape index (κ3) is 7.62. The molecule has 2 saturated heterocycles. The maximum absolute atomic E-state index is 13.7. The summed E-state index contributed by atoms with van der Waals surface area (Å²) in [5, 5.41) is 16.1. The number of benzene rings is 3. The van der Waals surface area contributed by atoms with Crippen LogP contribution in [0.25, 0.3) is 10.9 Å². The predicted octanol–water partition coefficient (Wildman–Crippen LogP) is 6.65. The van der Waals surface area contributed by atoms with E-state index in [-0.39, 0.29) is 42.2 Å². The molecule has 2 N–H and O–H groups in total. The summed E-state index contributed by atoms with van der Waals surface area (Å²) in [5.41, 5.74) is 3.55. The van der Waals surface area contributed by atoms with Gasteiger partial charge >= 0.3 is 0 Å². The fraction of sp³-hybridized carbons (Fsp3) is 0.460. The van der Waals surface area contributed by atoms with Gasteiger partial charge in [-0.25, -0.2) is 0 Å². The van der Waals surface area contributed by atoms with Crippen LogP contribution in [0.2, 0.25) is 0 Å². The van der Waals surface area contributed by atoms with E-state index in [4.69, 9.17) is 9.47 Å². The molecule has 63 heavy (non-hydrogen) atoms. The van der Waals surface area contributed by atoms with Crippen LogP contribution < -0.4 is 20.1 Å². The summed E-state index contributed by atoms with van der Waals surface area (Å²) in [6.45, 7) is 10.2. The van der Waals surface area contributed by atoms with E-state index in [2.05, 4.69) is 47.4 Å². The Kier molecular flexibility index (Phi) is 11.3. The minimum Gasteiger partial charge on any atom is -0.494 e. The van der Waals surface area contributed by atoms with Crippen molar-refractivity contribution in [1.82, 2.24) is 25.4 Å². The highest BCUT2D eigenvalue weighted by Gasteiger charge is 2.69. The van der Waals surface area contributed by atoms with Crippen LogP contribution in [0.3, 0.4) is 0 Å². The van der Waals surface area contributed by atoms with Crippen LogP contribution in [0.15, 0.2) is 66.9 Å². The standard InChI is InChI=1S/C50H54N6O7/c1-49(2)47(50(3)37-21-23-52-42-33(29-51)14-19-39(41(37)42)63-48(49)50)54-43(58)32-12-15-34(16-13-32)62-27-6-4-5-24-55-25-7-8-30(22-26-55)9-10-31-11-17-35-36(28-31)46(61)56(45(35)60)38-18-20-40(57)53-44(38)59/h11-17,19,21,23,28,30,38,47-48H,4-10,18,20,22,24-27H2,1-3H3,(H,54,58)(H,53,57,59)/t30?,38?,47?,48-,50?/m0/s1. The van der Waals surface area contributed by atoms with Crippen molar-refractivity contribution < 1.29 is 33.4 Å². The van der Waals surface area contributed by atoms with Crippen LogP contribution in [0.5, 0.6) is 11.5 Å². The molecule has 9 rings (SSSR count). The third-order valence-electron chi connectivity index (χ3n) is 14.4. The van der Waals surface area contributed by atoms with E-state index in [0.717, 1.165) is 97.5 Å². The lowest BCUT2D eigenvalue weighted by Gasteiger charge is -2.66. The van der Waals surface area contributed by atoms with Gasteiger partial charge in [0, 0.05) is 29.0 Å². The molecule has 1 saturated carbocycles. The third-order valence-corrected chi connectivity index (χ3v) is 14.4. The minimum absolute atomic E-state index is 0.101. The number of nitrogens with one attached hydrogen (secondary N) is 2. The number of aromatic nitrogens is 1. The van der Waals surface area contributed by atoms with E-state index < -0.39 is 29.2 Å². The van der Waals surface area contributed by atoms with E-state index in [1.165, 1.54) is 6.42 Å². The Bertz CT molecular complexity index is 2550. The Labute approximate surface area is 367 Å². The van der Waals surface area contributed by atoms with Gasteiger partial charge in [-0.1, -0.05) is 19.9 Å². The van der Waals surface area contributed by atoms with E-state index >= 15 is 0 Å². The van der Waals surface area contributed by atoms with Gasteiger partial charge in [0.2, 0.25) is 11.8 Å². The van der Waals surface area contributed by atoms with Crippen molar-refractivity contribution in [1.29, 1.82) is 5.26 Å². The molecule has 5 atom stereocenters. The number of hydrogen-bond donors (Lipinski definition) is 2. The molecule has 0 spiro atoms. The van der Waals surface area contributed by atoms with Crippen molar-refractivity contribution in [3.05, 3.63) is 100 Å². The van der Waals surface area contributed by atoms with Crippen LogP contribution in [-0.2, 0) is 21.4 Å². The zero-order chi connectivity index (χ0) is 44.0. The Morgan fingerprint density at radius 1 is 0.952 bits per heavy atom. The molecule has 0 radical (unpaired) electrons. The van der Waals surface area contributed by atoms with Crippen molar-refractivity contribution in [3.63, 3.8) is 0 Å². The molecule has 5 heterocycles. The molecule has 13 nitrogen and oxygen atoms in total. The Hall–Kier alpha value is -6.13. The maximum Gasteiger partial charge on any atom is 0.262 e. The average Bonchev–Trinajstić information content (AvgIpc) is 3.38. The second kappa shape index (κ2) is 16.9. The highest BCUT2D eigenvalue weighted by atomic mass is 16.5. The molecule has 4 aromatic rings. The summed E-state index contributed by atoms with van der Waals surface area (Å²) < 4.78 is 12.6. The monoisotopic (exact) mass is 850 g/mol. The average molecular weight is 851 g/mol. The zero-order valence-corrected chi connectivity index (χ0v) is 36.2. The van der Waals surface area contributed by atoms with Crippen LogP contribution in [-0.4, -0.2) is 88.7 Å². The number of unbranched alkanes of at least 4 members (excludes halogenated alkanes) is 2. The topological polar surface area (TPSA) is 171 Å². The van der Waals surface area contributed by atoms with Crippen molar-refractivity contribution in [2.24, 2.45) is 11.3 Å². The van der Waals surface area contributed by atoms with Gasteiger partial charge in [-0.05, 0) is 156 Å². The van der Waals surface area contributed by atoms with Crippen molar-refractivity contribution >= 4 is 40.4 Å². The summed E-state index contributed by atoms with van der Waals surface area (Å²) in [5.74, 6) is -0.0179. The maximum atomic E-state index is 13.7. The van der Waals surface area contributed by atoms with Crippen molar-refractivity contribution in [3.8, 4) is 17.6 Å². The fourth-order valence-corrected chi connectivity index (χ4v) is 11.2. The number of hydrogen-bond acceptors (Lipinski definition) is 10. The van der Waals surface area contributed by atoms with Gasteiger partial charge in [0.25, 0.3) is 17.7 Å². The molecule has 3 aromatic carbocycles. The number of rotatable bonds is 13. The number of nitriles is 1. The van der Waals surface area contributed by atoms with E-state index in [1.54, 1.807) is 18.3 Å². The molecule has 3 fully saturated rings. The molecule has 5 aliphatic rings. The number of likely N-dealkylation sites (tertiary alicyclic amines) is 1. The van der Waals surface area contributed by atoms with Gasteiger partial charge in [0.15, 0.2) is 0 Å². The largest absolute Gasteiger partial charge is 0.494 e. The Morgan fingerprint density at radius 2 is 1.76 bits per heavy atom. The normalized spacial score (nSPS) is 25.0. The molecule has 4 aliphatic heterocycles. The lowest BCUT2D eigenvalue weighted by Crippen LogP contribution is -2.78. The highest BCUT2D eigenvalue weighted by Crippen LogP contribution is 2.61. The summed E-state index contributed by atoms with van der Waals surface area (Å²) in [4.78, 5) is 72.1. The van der Waals surface area contributed by atoms with E-state index in [1.807, 2.05) is 48.5 Å². The lowest BCUT2D eigenvalue weighted by molar-refractivity contribution is -0.136.